The number of oxime groups is 1. The monoisotopic (exact) mass is 485 g/mol. The van der Waals surface area contributed by atoms with E-state index in [1.165, 1.54) is 11.8 Å². The van der Waals surface area contributed by atoms with Crippen molar-refractivity contribution in [3.8, 4) is 0 Å². The number of hydrogen-bond donors (Lipinski definition) is 3. The molecule has 10 nitrogen and oxygen atoms in total. The molecule has 4 N–H and O–H groups in total. The van der Waals surface area contributed by atoms with Crippen LogP contribution in [-0.4, -0.2) is 43.8 Å². The second-order valence-corrected chi connectivity index (χ2v) is 8.30. The van der Waals surface area contributed by atoms with Crippen LogP contribution in [0.5, 0.6) is 0 Å². The lowest BCUT2D eigenvalue weighted by atomic mass is 10.1. The highest BCUT2D eigenvalue weighted by atomic mass is 16.4. The van der Waals surface area contributed by atoms with Crippen LogP contribution in [0.1, 0.15) is 35.1 Å². The molecule has 0 saturated carbocycles. The number of Topliss-reactive ketones (excluding diaryl/α,β-unsaturated/α-hetero) is 1. The molecule has 0 aliphatic rings. The number of fused-ring (bicyclic) bond motifs is 1. The van der Waals surface area contributed by atoms with Crippen LogP contribution in [0.25, 0.3) is 11.0 Å². The minimum absolute atomic E-state index is 0.000636. The maximum Gasteiger partial charge on any atom is 0.259 e. The number of carbonyl (C=O) groups excluding carboxylic acids is 2. The Morgan fingerprint density at radius 2 is 1.86 bits per heavy atom. The average molecular weight is 486 g/mol. The summed E-state index contributed by atoms with van der Waals surface area (Å²) in [7, 11) is 1.92. The van der Waals surface area contributed by atoms with Crippen molar-refractivity contribution in [1.82, 2.24) is 14.5 Å². The zero-order chi connectivity index (χ0) is 25.7. The molecule has 0 fully saturated rings. The molecule has 0 aliphatic heterocycles. The Kier molecular flexibility index (Phi) is 7.24. The Bertz CT molecular complexity index is 1410. The number of amides is 1. The topological polar surface area (TPSA) is 139 Å². The first-order valence-corrected chi connectivity index (χ1v) is 11.4. The fraction of sp³-hybridized carbons (Fsp3) is 0.192. The number of benzene rings is 2. The number of nitrogens with one attached hydrogen (secondary N) is 1. The molecule has 0 saturated heterocycles. The third-order valence-corrected chi connectivity index (χ3v) is 5.82. The van der Waals surface area contributed by atoms with E-state index in [1.807, 2.05) is 29.8 Å². The first-order chi connectivity index (χ1) is 17.4. The van der Waals surface area contributed by atoms with Crippen molar-refractivity contribution in [3.05, 3.63) is 83.8 Å². The lowest BCUT2D eigenvalue weighted by molar-refractivity contribution is -0.116. The molecule has 0 spiro atoms. The third-order valence-electron chi connectivity index (χ3n) is 5.82. The van der Waals surface area contributed by atoms with Crippen molar-refractivity contribution in [2.24, 2.45) is 17.9 Å². The van der Waals surface area contributed by atoms with E-state index in [4.69, 9.17) is 15.9 Å². The molecular formula is C26H27N7O3. The van der Waals surface area contributed by atoms with E-state index in [-0.39, 0.29) is 30.5 Å². The second-order valence-electron chi connectivity index (χ2n) is 8.30. The Labute approximate surface area is 208 Å². The van der Waals surface area contributed by atoms with Gasteiger partial charge in [-0.2, -0.15) is 0 Å². The molecule has 36 heavy (non-hydrogen) atoms. The quantitative estimate of drug-likeness (QED) is 0.143. The number of carbonyl (C=O) groups is 2. The van der Waals surface area contributed by atoms with Gasteiger partial charge in [-0.1, -0.05) is 11.2 Å². The molecule has 10 heteroatoms. The van der Waals surface area contributed by atoms with E-state index < -0.39 is 0 Å². The predicted octanol–water partition coefficient (Wildman–Crippen LogP) is 3.30. The largest absolute Gasteiger partial charge is 0.409 e. The van der Waals surface area contributed by atoms with Gasteiger partial charge in [0.2, 0.25) is 0 Å². The van der Waals surface area contributed by atoms with Crippen molar-refractivity contribution < 1.29 is 14.8 Å². The summed E-state index contributed by atoms with van der Waals surface area (Å²) in [6.07, 6.45) is 1.86. The van der Waals surface area contributed by atoms with Crippen molar-refractivity contribution in [1.29, 1.82) is 0 Å². The summed E-state index contributed by atoms with van der Waals surface area (Å²) in [6.45, 7) is 2.20. The Hall–Kier alpha value is -4.73. The zero-order valence-electron chi connectivity index (χ0n) is 20.0. The number of anilines is 2. The van der Waals surface area contributed by atoms with Gasteiger partial charge >= 0.3 is 0 Å². The minimum atomic E-state index is -0.243. The summed E-state index contributed by atoms with van der Waals surface area (Å²) in [6, 6.07) is 17.9. The number of aryl methyl sites for hydroxylation is 1. The van der Waals surface area contributed by atoms with Gasteiger partial charge in [-0.3, -0.25) is 14.5 Å². The van der Waals surface area contributed by atoms with Crippen molar-refractivity contribution >= 4 is 40.1 Å². The van der Waals surface area contributed by atoms with Crippen molar-refractivity contribution in [2.75, 3.05) is 16.8 Å². The van der Waals surface area contributed by atoms with Gasteiger partial charge in [0.05, 0.1) is 17.6 Å². The van der Waals surface area contributed by atoms with E-state index >= 15 is 0 Å². The van der Waals surface area contributed by atoms with Gasteiger partial charge in [-0.05, 0) is 61.5 Å². The Morgan fingerprint density at radius 1 is 1.11 bits per heavy atom. The molecule has 4 rings (SSSR count). The SMILES string of the molecule is CC(=O)CCN(C(=O)c1ccc2c(c1)nc(CNc1ccc(/C(N)=N\O)cc1)n2C)c1ccccn1. The van der Waals surface area contributed by atoms with Gasteiger partial charge in [0.15, 0.2) is 5.84 Å². The lowest BCUT2D eigenvalue weighted by Crippen LogP contribution is -2.33. The molecule has 0 bridgehead atoms. The van der Waals surface area contributed by atoms with Crippen LogP contribution in [0, 0.1) is 0 Å². The summed E-state index contributed by atoms with van der Waals surface area (Å²) in [4.78, 5) is 35.5. The average Bonchev–Trinajstić information content (AvgIpc) is 3.22. The van der Waals surface area contributed by atoms with Crippen molar-refractivity contribution in [3.63, 3.8) is 0 Å². The molecule has 0 aliphatic carbocycles. The Morgan fingerprint density at radius 3 is 2.53 bits per heavy atom. The van der Waals surface area contributed by atoms with Crippen LogP contribution in [0.3, 0.4) is 0 Å². The van der Waals surface area contributed by atoms with Gasteiger partial charge in [0.25, 0.3) is 5.91 Å². The lowest BCUT2D eigenvalue weighted by Gasteiger charge is -2.21. The number of amidine groups is 1. The van der Waals surface area contributed by atoms with Crippen LogP contribution in [0.15, 0.2) is 72.0 Å². The third kappa shape index (κ3) is 5.33. The minimum Gasteiger partial charge on any atom is -0.409 e. The highest BCUT2D eigenvalue weighted by molar-refractivity contribution is 6.07. The van der Waals surface area contributed by atoms with Crippen LogP contribution < -0.4 is 16.0 Å². The first kappa shape index (κ1) is 24.4. The number of hydrogen-bond acceptors (Lipinski definition) is 7. The summed E-state index contributed by atoms with van der Waals surface area (Å²) in [5.41, 5.74) is 9.12. The number of imidazole rings is 1. The van der Waals surface area contributed by atoms with Crippen molar-refractivity contribution in [2.45, 2.75) is 19.9 Å². The highest BCUT2D eigenvalue weighted by Gasteiger charge is 2.20. The van der Waals surface area contributed by atoms with Gasteiger partial charge in [-0.25, -0.2) is 9.97 Å². The van der Waals surface area contributed by atoms with Gasteiger partial charge in [0, 0.05) is 43.0 Å². The van der Waals surface area contributed by atoms with Gasteiger partial charge in [0.1, 0.15) is 17.4 Å². The summed E-state index contributed by atoms with van der Waals surface area (Å²) in [5.74, 6) is 1.08. The molecule has 4 aromatic rings. The van der Waals surface area contributed by atoms with Crippen LogP contribution in [-0.2, 0) is 18.4 Å². The second kappa shape index (κ2) is 10.7. The molecular weight excluding hydrogens is 458 g/mol. The molecule has 0 radical (unpaired) electrons. The number of aromatic nitrogens is 3. The highest BCUT2D eigenvalue weighted by Crippen LogP contribution is 2.21. The summed E-state index contributed by atoms with van der Waals surface area (Å²) in [5, 5.41) is 15.1. The maximum absolute atomic E-state index is 13.4. The number of pyridine rings is 1. The molecule has 2 aromatic heterocycles. The zero-order valence-corrected chi connectivity index (χ0v) is 20.0. The number of rotatable bonds is 9. The molecule has 0 atom stereocenters. The summed E-state index contributed by atoms with van der Waals surface area (Å²) < 4.78 is 1.97. The fourth-order valence-corrected chi connectivity index (χ4v) is 3.80. The molecule has 2 heterocycles. The summed E-state index contributed by atoms with van der Waals surface area (Å²) >= 11 is 0. The first-order valence-electron chi connectivity index (χ1n) is 11.4. The standard InChI is InChI=1S/C26H27N7O3/c1-17(34)12-14-33(23-5-3-4-13-28-23)26(35)19-8-11-22-21(15-19)30-24(32(22)2)16-29-20-9-6-18(7-10-20)25(27)31-36/h3-11,13,15,29,36H,12,14,16H2,1-2H3,(H2,27,31). The van der Waals surface area contributed by atoms with E-state index in [1.54, 1.807) is 48.7 Å². The van der Waals surface area contributed by atoms with Gasteiger partial charge in [-0.15, -0.1) is 0 Å². The van der Waals surface area contributed by atoms with E-state index in [2.05, 4.69) is 15.5 Å². The number of ketones is 1. The van der Waals surface area contributed by atoms with E-state index in [0.717, 1.165) is 17.0 Å². The fourth-order valence-electron chi connectivity index (χ4n) is 3.80. The Balaban J connectivity index is 1.55. The molecule has 2 aromatic carbocycles. The molecule has 1 amide bonds. The predicted molar refractivity (Wildman–Crippen MR) is 138 cm³/mol. The van der Waals surface area contributed by atoms with Crippen LogP contribution >= 0.6 is 0 Å². The van der Waals surface area contributed by atoms with Crippen LogP contribution in [0.2, 0.25) is 0 Å². The number of nitrogens with two attached hydrogens (primary N) is 1. The van der Waals surface area contributed by atoms with Gasteiger partial charge < -0.3 is 20.8 Å². The van der Waals surface area contributed by atoms with E-state index in [9.17, 15) is 9.59 Å². The maximum atomic E-state index is 13.4. The van der Waals surface area contributed by atoms with Crippen LogP contribution in [0.4, 0.5) is 11.5 Å². The smallest absolute Gasteiger partial charge is 0.259 e. The number of nitrogens with zero attached hydrogens (tertiary/aromatic N) is 5. The normalized spacial score (nSPS) is 11.4. The molecule has 0 unspecified atom stereocenters. The molecule has 184 valence electrons. The van der Waals surface area contributed by atoms with E-state index in [0.29, 0.717) is 29.0 Å².